The predicted molar refractivity (Wildman–Crippen MR) is 82.9 cm³/mol. The van der Waals surface area contributed by atoms with Crippen molar-refractivity contribution >= 4 is 26.7 Å². The monoisotopic (exact) mass is 333 g/mol. The highest BCUT2D eigenvalue weighted by atomic mass is 28.4. The fraction of sp³-hybridized carbons (Fsp3) is 0.786. The average Bonchev–Trinajstić information content (AvgIpc) is 2.34. The minimum Gasteiger partial charge on any atom is -0.455 e. The highest BCUT2D eigenvalue weighted by molar-refractivity contribution is 6.65. The molecular formula is C14H27NO6Si. The van der Waals surface area contributed by atoms with Crippen molar-refractivity contribution in [3.63, 3.8) is 0 Å². The van der Waals surface area contributed by atoms with Crippen LogP contribution in [0.25, 0.3) is 0 Å². The van der Waals surface area contributed by atoms with Crippen molar-refractivity contribution in [2.75, 3.05) is 19.6 Å². The molecule has 0 rings (SSSR count). The van der Waals surface area contributed by atoms with Gasteiger partial charge in [0, 0.05) is 27.3 Å². The Kier molecular flexibility index (Phi) is 9.67. The lowest BCUT2D eigenvalue weighted by Gasteiger charge is -2.29. The Morgan fingerprint density at radius 3 is 1.41 bits per heavy atom. The summed E-state index contributed by atoms with van der Waals surface area (Å²) in [6.45, 7) is 10.0. The Labute approximate surface area is 133 Å². The van der Waals surface area contributed by atoms with Crippen molar-refractivity contribution in [3.05, 3.63) is 0 Å². The van der Waals surface area contributed by atoms with Crippen LogP contribution in [0, 0.1) is 0 Å². The number of carbonyl (C=O) groups is 3. The first-order valence-corrected chi connectivity index (χ1v) is 9.49. The van der Waals surface area contributed by atoms with Gasteiger partial charge in [-0.25, -0.2) is 0 Å². The minimum atomic E-state index is -3.70. The summed E-state index contributed by atoms with van der Waals surface area (Å²) in [5, 5.41) is 0. The Balaban J connectivity index is 5.10. The van der Waals surface area contributed by atoms with Crippen LogP contribution in [-0.2, 0) is 27.7 Å². The van der Waals surface area contributed by atoms with Gasteiger partial charge in [0.1, 0.15) is 0 Å². The van der Waals surface area contributed by atoms with Gasteiger partial charge in [-0.15, -0.1) is 0 Å². The smallest absolute Gasteiger partial charge is 0.455 e. The molecule has 0 aromatic heterocycles. The van der Waals surface area contributed by atoms with Crippen LogP contribution in [0.1, 0.15) is 47.5 Å². The summed E-state index contributed by atoms with van der Waals surface area (Å²) in [6, 6.07) is 0.200. The molecule has 7 nitrogen and oxygen atoms in total. The van der Waals surface area contributed by atoms with Gasteiger partial charge in [-0.3, -0.25) is 14.4 Å². The first-order valence-electron chi connectivity index (χ1n) is 7.55. The first kappa shape index (κ1) is 20.6. The molecule has 22 heavy (non-hydrogen) atoms. The maximum atomic E-state index is 11.3. The van der Waals surface area contributed by atoms with Crippen LogP contribution in [0.15, 0.2) is 0 Å². The van der Waals surface area contributed by atoms with Crippen molar-refractivity contribution in [2.24, 2.45) is 0 Å². The summed E-state index contributed by atoms with van der Waals surface area (Å²) in [5.41, 5.74) is 0. The molecule has 8 heteroatoms. The molecular weight excluding hydrogens is 306 g/mol. The first-order chi connectivity index (χ1) is 10.2. The topological polar surface area (TPSA) is 82.1 Å². The quantitative estimate of drug-likeness (QED) is 0.563. The highest BCUT2D eigenvalue weighted by Gasteiger charge is 2.51. The van der Waals surface area contributed by atoms with Crippen molar-refractivity contribution < 1.29 is 27.7 Å². The van der Waals surface area contributed by atoms with Gasteiger partial charge in [0.15, 0.2) is 0 Å². The molecule has 0 atom stereocenters. The van der Waals surface area contributed by atoms with Crippen LogP contribution in [0.2, 0.25) is 6.04 Å². The number of carbonyl (C=O) groups excluding carboxylic acids is 3. The zero-order chi connectivity index (χ0) is 17.2. The molecule has 0 aromatic carbocycles. The summed E-state index contributed by atoms with van der Waals surface area (Å²) in [4.78, 5) is 36.2. The maximum Gasteiger partial charge on any atom is 0.706 e. The molecule has 0 N–H and O–H groups in total. The van der Waals surface area contributed by atoms with E-state index in [0.717, 1.165) is 25.9 Å². The Bertz CT molecular complexity index is 341. The SMILES string of the molecule is CCCN(CCC)CC[Si](OC(C)=O)(OC(C)=O)OC(C)=O. The van der Waals surface area contributed by atoms with Crippen LogP contribution >= 0.6 is 0 Å². The molecule has 0 heterocycles. The Hall–Kier alpha value is -1.41. The fourth-order valence-corrected chi connectivity index (χ4v) is 4.47. The summed E-state index contributed by atoms with van der Waals surface area (Å²) in [5.74, 6) is -1.90. The molecule has 0 unspecified atom stereocenters. The van der Waals surface area contributed by atoms with Crippen LogP contribution in [0.5, 0.6) is 0 Å². The van der Waals surface area contributed by atoms with Crippen molar-refractivity contribution in [1.82, 2.24) is 4.90 Å². The number of hydrogen-bond donors (Lipinski definition) is 0. The van der Waals surface area contributed by atoms with Crippen LogP contribution in [-0.4, -0.2) is 51.2 Å². The number of hydrogen-bond acceptors (Lipinski definition) is 7. The van der Waals surface area contributed by atoms with Gasteiger partial charge in [-0.05, 0) is 25.9 Å². The van der Waals surface area contributed by atoms with Crippen molar-refractivity contribution in [3.8, 4) is 0 Å². The average molecular weight is 333 g/mol. The second kappa shape index (κ2) is 10.3. The molecule has 0 radical (unpaired) electrons. The summed E-state index contributed by atoms with van der Waals surface area (Å²) < 4.78 is 15.5. The Morgan fingerprint density at radius 2 is 1.14 bits per heavy atom. The van der Waals surface area contributed by atoms with Gasteiger partial charge in [0.2, 0.25) is 0 Å². The minimum absolute atomic E-state index is 0.200. The normalized spacial score (nSPS) is 11.2. The van der Waals surface area contributed by atoms with Crippen LogP contribution < -0.4 is 0 Å². The molecule has 0 aliphatic heterocycles. The third kappa shape index (κ3) is 8.78. The summed E-state index contributed by atoms with van der Waals surface area (Å²) in [7, 11) is -3.70. The molecule has 128 valence electrons. The lowest BCUT2D eigenvalue weighted by atomic mass is 10.3. The Morgan fingerprint density at radius 1 is 0.773 bits per heavy atom. The molecule has 0 fully saturated rings. The van der Waals surface area contributed by atoms with E-state index < -0.39 is 26.7 Å². The third-order valence-corrected chi connectivity index (χ3v) is 5.34. The van der Waals surface area contributed by atoms with Crippen molar-refractivity contribution in [1.29, 1.82) is 0 Å². The molecule has 0 saturated heterocycles. The molecule has 0 aliphatic carbocycles. The number of rotatable bonds is 10. The van der Waals surface area contributed by atoms with Crippen LogP contribution in [0.4, 0.5) is 0 Å². The summed E-state index contributed by atoms with van der Waals surface area (Å²) in [6.07, 6.45) is 1.95. The predicted octanol–water partition coefficient (Wildman–Crippen LogP) is 1.74. The van der Waals surface area contributed by atoms with Gasteiger partial charge in [-0.2, -0.15) is 0 Å². The maximum absolute atomic E-state index is 11.3. The molecule has 0 saturated carbocycles. The molecule has 0 aliphatic rings. The highest BCUT2D eigenvalue weighted by Crippen LogP contribution is 2.18. The van der Waals surface area contributed by atoms with Gasteiger partial charge in [0.25, 0.3) is 17.9 Å². The second-order valence-corrected chi connectivity index (χ2v) is 7.53. The van der Waals surface area contributed by atoms with Crippen molar-refractivity contribution in [2.45, 2.75) is 53.5 Å². The van der Waals surface area contributed by atoms with E-state index in [0.29, 0.717) is 6.54 Å². The van der Waals surface area contributed by atoms with E-state index in [1.54, 1.807) is 0 Å². The van der Waals surface area contributed by atoms with Gasteiger partial charge >= 0.3 is 8.80 Å². The largest absolute Gasteiger partial charge is 0.706 e. The standard InChI is InChI=1S/C14H27NO6Si/c1-6-8-15(9-7-2)10-11-22(19-12(3)16,20-13(4)17)21-14(5)18/h6-11H2,1-5H3. The molecule has 0 bridgehead atoms. The zero-order valence-electron chi connectivity index (χ0n) is 14.1. The summed E-state index contributed by atoms with van der Waals surface area (Å²) >= 11 is 0. The van der Waals surface area contributed by atoms with Gasteiger partial charge in [-0.1, -0.05) is 13.8 Å². The number of nitrogens with zero attached hydrogens (tertiary/aromatic N) is 1. The van der Waals surface area contributed by atoms with E-state index in [1.165, 1.54) is 20.8 Å². The van der Waals surface area contributed by atoms with E-state index >= 15 is 0 Å². The third-order valence-electron chi connectivity index (χ3n) is 2.71. The molecule has 0 spiro atoms. The van der Waals surface area contributed by atoms with Crippen LogP contribution in [0.3, 0.4) is 0 Å². The van der Waals surface area contributed by atoms with E-state index in [2.05, 4.69) is 18.7 Å². The van der Waals surface area contributed by atoms with Gasteiger partial charge < -0.3 is 18.2 Å². The molecule has 0 aromatic rings. The van der Waals surface area contributed by atoms with Gasteiger partial charge in [0.05, 0.1) is 6.04 Å². The lowest BCUT2D eigenvalue weighted by Crippen LogP contribution is -2.51. The van der Waals surface area contributed by atoms with E-state index in [1.807, 2.05) is 0 Å². The fourth-order valence-electron chi connectivity index (χ4n) is 2.14. The van der Waals surface area contributed by atoms with E-state index in [4.69, 9.17) is 13.3 Å². The lowest BCUT2D eigenvalue weighted by molar-refractivity contribution is -0.147. The van der Waals surface area contributed by atoms with E-state index in [-0.39, 0.29) is 6.04 Å². The zero-order valence-corrected chi connectivity index (χ0v) is 15.1. The van der Waals surface area contributed by atoms with E-state index in [9.17, 15) is 14.4 Å². The molecule has 0 amide bonds. The second-order valence-electron chi connectivity index (χ2n) is 5.06.